The van der Waals surface area contributed by atoms with Gasteiger partial charge in [-0.2, -0.15) is 15.2 Å². The smallest absolute Gasteiger partial charge is 0.338 e. The van der Waals surface area contributed by atoms with E-state index in [1.165, 1.54) is 40.0 Å². The largest absolute Gasteiger partial charge is 0.492 e. The van der Waals surface area contributed by atoms with Crippen molar-refractivity contribution >= 4 is 17.0 Å². The second-order valence-electron chi connectivity index (χ2n) is 7.83. The summed E-state index contributed by atoms with van der Waals surface area (Å²) in [6, 6.07) is 14.5. The van der Waals surface area contributed by atoms with Crippen molar-refractivity contribution in [2.75, 3.05) is 0 Å². The lowest BCUT2D eigenvalue weighted by atomic mass is 9.95. The van der Waals surface area contributed by atoms with E-state index in [2.05, 4.69) is 64.3 Å². The molecule has 2 aromatic carbocycles. The Hall–Kier alpha value is -4.53. The Balaban J connectivity index is 1.50. The summed E-state index contributed by atoms with van der Waals surface area (Å²) < 4.78 is 2.85. The van der Waals surface area contributed by atoms with E-state index in [0.29, 0.717) is 17.6 Å². The number of aromatic carboxylic acids is 1. The first-order chi connectivity index (χ1) is 15.9. The Morgan fingerprint density at radius 2 is 1.76 bits per heavy atom. The van der Waals surface area contributed by atoms with Crippen molar-refractivity contribution in [2.45, 2.75) is 20.4 Å². The van der Waals surface area contributed by atoms with E-state index >= 15 is 0 Å². The van der Waals surface area contributed by atoms with E-state index in [4.69, 9.17) is 5.11 Å². The average molecular weight is 440 g/mol. The summed E-state index contributed by atoms with van der Waals surface area (Å²) in [5, 5.41) is 28.0. The Kier molecular flexibility index (Phi) is 4.86. The topological polar surface area (TPSA) is 119 Å². The lowest BCUT2D eigenvalue weighted by Gasteiger charge is -2.12. The zero-order valence-corrected chi connectivity index (χ0v) is 18.0. The Morgan fingerprint density at radius 3 is 2.48 bits per heavy atom. The molecule has 0 saturated heterocycles. The molecule has 0 saturated carbocycles. The molecule has 9 heteroatoms. The van der Waals surface area contributed by atoms with Gasteiger partial charge in [0.1, 0.15) is 11.0 Å². The number of rotatable bonds is 5. The summed E-state index contributed by atoms with van der Waals surface area (Å²) in [5.41, 5.74) is 6.58. The number of aromatic hydroxyl groups is 1. The van der Waals surface area contributed by atoms with Crippen LogP contribution in [0.1, 0.15) is 27.0 Å². The van der Waals surface area contributed by atoms with E-state index < -0.39 is 5.97 Å². The van der Waals surface area contributed by atoms with Crippen molar-refractivity contribution < 1.29 is 15.0 Å². The normalized spacial score (nSPS) is 11.2. The molecule has 0 bridgehead atoms. The molecule has 2 N–H and O–H groups in total. The number of aromatic nitrogens is 6. The van der Waals surface area contributed by atoms with Gasteiger partial charge in [0.25, 0.3) is 5.95 Å². The number of carbonyl (C=O) groups is 1. The maximum atomic E-state index is 11.1. The predicted octanol–water partition coefficient (Wildman–Crippen LogP) is 3.75. The number of carboxylic acids is 1. The Labute approximate surface area is 188 Å². The molecule has 5 rings (SSSR count). The highest BCUT2D eigenvalue weighted by atomic mass is 16.4. The van der Waals surface area contributed by atoms with Gasteiger partial charge in [-0.15, -0.1) is 0 Å². The number of nitrogens with zero attached hydrogens (tertiary/aromatic N) is 6. The van der Waals surface area contributed by atoms with Crippen molar-refractivity contribution in [1.82, 2.24) is 29.5 Å². The van der Waals surface area contributed by atoms with Gasteiger partial charge in [0.2, 0.25) is 5.88 Å². The second kappa shape index (κ2) is 7.86. The zero-order valence-electron chi connectivity index (χ0n) is 18.0. The molecule has 9 nitrogen and oxygen atoms in total. The molecular formula is C24H20N6O3. The third-order valence-corrected chi connectivity index (χ3v) is 5.52. The number of aryl methyl sites for hydroxylation is 2. The van der Waals surface area contributed by atoms with Crippen molar-refractivity contribution in [3.8, 4) is 23.0 Å². The van der Waals surface area contributed by atoms with Crippen molar-refractivity contribution in [3.63, 3.8) is 0 Å². The van der Waals surface area contributed by atoms with Gasteiger partial charge in [0.05, 0.1) is 24.5 Å². The van der Waals surface area contributed by atoms with Crippen LogP contribution in [0.15, 0.2) is 61.1 Å². The van der Waals surface area contributed by atoms with Crippen LogP contribution in [0.25, 0.3) is 28.1 Å². The average Bonchev–Trinajstić information content (AvgIpc) is 3.42. The highest BCUT2D eigenvalue weighted by Gasteiger charge is 2.16. The van der Waals surface area contributed by atoms with Gasteiger partial charge in [0.15, 0.2) is 0 Å². The molecule has 0 aliphatic rings. The van der Waals surface area contributed by atoms with Crippen LogP contribution in [0.4, 0.5) is 0 Å². The van der Waals surface area contributed by atoms with E-state index in [0.717, 1.165) is 11.1 Å². The summed E-state index contributed by atoms with van der Waals surface area (Å²) in [6.45, 7) is 4.62. The van der Waals surface area contributed by atoms with E-state index in [1.54, 1.807) is 4.68 Å². The standard InChI is InChI=1S/C24H20N6O3/c1-14-5-3-6-15(2)20(14)17-8-4-7-16(9-17)12-29-21-19(11-26-29)27-24(28-22(21)31)30-13-18(10-25-30)23(32)33/h3-11,13H,12H2,1-2H3,(H,32,33)(H,27,28,31). The molecule has 164 valence electrons. The summed E-state index contributed by atoms with van der Waals surface area (Å²) in [6.07, 6.45) is 4.02. The van der Waals surface area contributed by atoms with E-state index in [-0.39, 0.29) is 17.4 Å². The van der Waals surface area contributed by atoms with Crippen molar-refractivity contribution in [2.24, 2.45) is 0 Å². The summed E-state index contributed by atoms with van der Waals surface area (Å²) in [5.74, 6) is -1.31. The molecule has 0 radical (unpaired) electrons. The molecule has 0 amide bonds. The van der Waals surface area contributed by atoms with Gasteiger partial charge < -0.3 is 10.2 Å². The molecule has 0 aliphatic carbocycles. The minimum atomic E-state index is -1.11. The Bertz CT molecular complexity index is 1500. The number of hydrogen-bond donors (Lipinski definition) is 2. The van der Waals surface area contributed by atoms with Gasteiger partial charge in [-0.05, 0) is 47.7 Å². The summed E-state index contributed by atoms with van der Waals surface area (Å²) in [7, 11) is 0. The quantitative estimate of drug-likeness (QED) is 0.427. The highest BCUT2D eigenvalue weighted by Crippen LogP contribution is 2.29. The van der Waals surface area contributed by atoms with Crippen LogP contribution in [-0.2, 0) is 6.54 Å². The lowest BCUT2D eigenvalue weighted by Crippen LogP contribution is -2.05. The lowest BCUT2D eigenvalue weighted by molar-refractivity contribution is 0.0697. The van der Waals surface area contributed by atoms with E-state index in [9.17, 15) is 9.90 Å². The number of fused-ring (bicyclic) bond motifs is 1. The summed E-state index contributed by atoms with van der Waals surface area (Å²) >= 11 is 0. The maximum absolute atomic E-state index is 11.1. The van der Waals surface area contributed by atoms with Crippen LogP contribution in [-0.4, -0.2) is 45.7 Å². The van der Waals surface area contributed by atoms with Crippen LogP contribution in [0, 0.1) is 13.8 Å². The fourth-order valence-electron chi connectivity index (χ4n) is 4.00. The van der Waals surface area contributed by atoms with Gasteiger partial charge in [-0.1, -0.05) is 36.4 Å². The fraction of sp³-hybridized carbons (Fsp3) is 0.125. The molecule has 3 aromatic heterocycles. The molecule has 0 aliphatic heterocycles. The maximum Gasteiger partial charge on any atom is 0.338 e. The van der Waals surface area contributed by atoms with E-state index in [1.807, 2.05) is 12.1 Å². The minimum absolute atomic E-state index is 0.00217. The first-order valence-corrected chi connectivity index (χ1v) is 10.3. The van der Waals surface area contributed by atoms with Crippen LogP contribution in [0.5, 0.6) is 5.88 Å². The molecule has 0 spiro atoms. The third-order valence-electron chi connectivity index (χ3n) is 5.52. The van der Waals surface area contributed by atoms with Crippen LogP contribution < -0.4 is 0 Å². The van der Waals surface area contributed by atoms with Crippen LogP contribution in [0.2, 0.25) is 0 Å². The predicted molar refractivity (Wildman–Crippen MR) is 122 cm³/mol. The van der Waals surface area contributed by atoms with Crippen LogP contribution in [0.3, 0.4) is 0 Å². The first kappa shape index (κ1) is 20.4. The molecule has 0 unspecified atom stereocenters. The van der Waals surface area contributed by atoms with Gasteiger partial charge in [-0.3, -0.25) is 4.68 Å². The fourth-order valence-corrected chi connectivity index (χ4v) is 4.00. The molecule has 3 heterocycles. The minimum Gasteiger partial charge on any atom is -0.492 e. The van der Waals surface area contributed by atoms with Gasteiger partial charge in [-0.25, -0.2) is 14.5 Å². The number of hydrogen-bond acceptors (Lipinski definition) is 6. The molecule has 5 aromatic rings. The van der Waals surface area contributed by atoms with Crippen LogP contribution >= 0.6 is 0 Å². The third kappa shape index (κ3) is 3.69. The second-order valence-corrected chi connectivity index (χ2v) is 7.83. The Morgan fingerprint density at radius 1 is 1.00 bits per heavy atom. The summed E-state index contributed by atoms with van der Waals surface area (Å²) in [4.78, 5) is 19.6. The zero-order chi connectivity index (χ0) is 23.1. The molecule has 0 atom stereocenters. The number of benzene rings is 2. The number of carboxylic acid groups (broad SMARTS) is 1. The molecule has 33 heavy (non-hydrogen) atoms. The van der Waals surface area contributed by atoms with Crippen molar-refractivity contribution in [1.29, 1.82) is 0 Å². The molecule has 0 fully saturated rings. The van der Waals surface area contributed by atoms with Gasteiger partial charge in [0, 0.05) is 6.20 Å². The molecular weight excluding hydrogens is 420 g/mol. The van der Waals surface area contributed by atoms with Gasteiger partial charge >= 0.3 is 5.97 Å². The SMILES string of the molecule is Cc1cccc(C)c1-c1cccc(Cn2ncc3nc(-n4cc(C(=O)O)cn4)nc(O)c32)c1. The first-order valence-electron chi connectivity index (χ1n) is 10.3. The monoisotopic (exact) mass is 440 g/mol. The highest BCUT2D eigenvalue weighted by molar-refractivity contribution is 5.87. The van der Waals surface area contributed by atoms with Crippen molar-refractivity contribution in [3.05, 3.63) is 83.3 Å².